The van der Waals surface area contributed by atoms with Crippen LogP contribution in [0, 0.1) is 0 Å². The number of ether oxygens (including phenoxy) is 1. The second kappa shape index (κ2) is 22.3. The molecule has 32 heavy (non-hydrogen) atoms. The van der Waals surface area contributed by atoms with Crippen LogP contribution in [0.1, 0.15) is 110 Å². The standard InChI is InChI=1S/C23H48NO7P/c1-2-3-4-5-6-7-8-9-10-11-12-13-14-15-16-17-23(26)29-20-22(25)21-31-32(27,28)30-19-18-24/h22,25H,2-21,24H2,1H3,(H,27,28)/t22-/m1/s1. The largest absolute Gasteiger partial charge is 0.472 e. The molecule has 0 aromatic rings. The van der Waals surface area contributed by atoms with Gasteiger partial charge in [0.2, 0.25) is 0 Å². The van der Waals surface area contributed by atoms with Crippen molar-refractivity contribution in [2.24, 2.45) is 5.73 Å². The van der Waals surface area contributed by atoms with Gasteiger partial charge in [0.25, 0.3) is 0 Å². The van der Waals surface area contributed by atoms with Gasteiger partial charge in [0.05, 0.1) is 13.2 Å². The van der Waals surface area contributed by atoms with E-state index in [9.17, 15) is 19.4 Å². The molecule has 2 atom stereocenters. The van der Waals surface area contributed by atoms with Crippen LogP contribution < -0.4 is 5.73 Å². The number of aliphatic hydroxyl groups is 1. The highest BCUT2D eigenvalue weighted by Crippen LogP contribution is 2.42. The Hall–Kier alpha value is -0.500. The molecule has 4 N–H and O–H groups in total. The molecular weight excluding hydrogens is 433 g/mol. The third-order valence-corrected chi connectivity index (χ3v) is 6.21. The number of rotatable bonds is 24. The van der Waals surface area contributed by atoms with Crippen molar-refractivity contribution >= 4 is 13.8 Å². The van der Waals surface area contributed by atoms with Crippen molar-refractivity contribution in [1.29, 1.82) is 0 Å². The fourth-order valence-corrected chi connectivity index (χ4v) is 4.11. The summed E-state index contributed by atoms with van der Waals surface area (Å²) in [6.45, 7) is 1.45. The highest BCUT2D eigenvalue weighted by atomic mass is 31.2. The predicted octanol–water partition coefficient (Wildman–Crippen LogP) is 5.24. The molecule has 0 rings (SSSR count). The number of carbonyl (C=O) groups excluding carboxylic acids is 1. The fourth-order valence-electron chi connectivity index (χ4n) is 3.34. The number of phosphoric ester groups is 1. The normalized spacial score (nSPS) is 14.2. The van der Waals surface area contributed by atoms with E-state index in [4.69, 9.17) is 10.5 Å². The van der Waals surface area contributed by atoms with Gasteiger partial charge in [0.15, 0.2) is 0 Å². The Morgan fingerprint density at radius 3 is 1.75 bits per heavy atom. The van der Waals surface area contributed by atoms with E-state index < -0.39 is 20.5 Å². The Labute approximate surface area is 195 Å². The van der Waals surface area contributed by atoms with Crippen LogP contribution in [0.25, 0.3) is 0 Å². The van der Waals surface area contributed by atoms with Gasteiger partial charge in [-0.15, -0.1) is 0 Å². The molecule has 1 unspecified atom stereocenters. The number of hydrogen-bond donors (Lipinski definition) is 3. The number of esters is 1. The number of phosphoric acid groups is 1. The van der Waals surface area contributed by atoms with Crippen LogP contribution >= 0.6 is 7.82 Å². The average molecular weight is 482 g/mol. The molecule has 0 bridgehead atoms. The van der Waals surface area contributed by atoms with Crippen molar-refractivity contribution in [1.82, 2.24) is 0 Å². The van der Waals surface area contributed by atoms with Crippen LogP contribution in [0.2, 0.25) is 0 Å². The number of hydrogen-bond acceptors (Lipinski definition) is 7. The lowest BCUT2D eigenvalue weighted by Crippen LogP contribution is -2.23. The second-order valence-electron chi connectivity index (χ2n) is 8.42. The summed E-state index contributed by atoms with van der Waals surface area (Å²) in [5.41, 5.74) is 5.17. The SMILES string of the molecule is CCCCCCCCCCCCCCCCCC(=O)OC[C@@H](O)COP(=O)(O)OCCN. The first-order chi connectivity index (χ1) is 15.4. The quantitative estimate of drug-likeness (QED) is 0.0969. The molecule has 192 valence electrons. The molecule has 8 nitrogen and oxygen atoms in total. The zero-order valence-corrected chi connectivity index (χ0v) is 21.1. The van der Waals surface area contributed by atoms with E-state index in [1.807, 2.05) is 0 Å². The van der Waals surface area contributed by atoms with Gasteiger partial charge in [0, 0.05) is 13.0 Å². The lowest BCUT2D eigenvalue weighted by Gasteiger charge is -2.15. The molecule has 0 fully saturated rings. The molecule has 0 aromatic heterocycles. The lowest BCUT2D eigenvalue weighted by molar-refractivity contribution is -0.147. The molecule has 0 aliphatic carbocycles. The van der Waals surface area contributed by atoms with E-state index in [1.54, 1.807) is 0 Å². The van der Waals surface area contributed by atoms with Gasteiger partial charge in [-0.3, -0.25) is 13.8 Å². The summed E-state index contributed by atoms with van der Waals surface area (Å²) in [7, 11) is -4.24. The van der Waals surface area contributed by atoms with Gasteiger partial charge in [-0.2, -0.15) is 0 Å². The predicted molar refractivity (Wildman–Crippen MR) is 127 cm³/mol. The first-order valence-corrected chi connectivity index (χ1v) is 14.1. The molecule has 0 radical (unpaired) electrons. The van der Waals surface area contributed by atoms with Crippen molar-refractivity contribution < 1.29 is 33.1 Å². The summed E-state index contributed by atoms with van der Waals surface area (Å²) in [5.74, 6) is -0.384. The zero-order valence-electron chi connectivity index (χ0n) is 20.2. The van der Waals surface area contributed by atoms with Crippen molar-refractivity contribution in [2.75, 3.05) is 26.4 Å². The number of aliphatic hydroxyl groups excluding tert-OH is 1. The van der Waals surface area contributed by atoms with Crippen molar-refractivity contribution in [3.05, 3.63) is 0 Å². The average Bonchev–Trinajstić information content (AvgIpc) is 2.77. The van der Waals surface area contributed by atoms with Gasteiger partial charge < -0.3 is 20.5 Å². The highest BCUT2D eigenvalue weighted by Gasteiger charge is 2.22. The Bertz CT molecular complexity index is 479. The van der Waals surface area contributed by atoms with E-state index in [0.29, 0.717) is 6.42 Å². The number of carbonyl (C=O) groups is 1. The van der Waals surface area contributed by atoms with Gasteiger partial charge in [0.1, 0.15) is 12.7 Å². The highest BCUT2D eigenvalue weighted by molar-refractivity contribution is 7.47. The van der Waals surface area contributed by atoms with Gasteiger partial charge in [-0.25, -0.2) is 4.57 Å². The zero-order chi connectivity index (χ0) is 23.9. The number of unbranched alkanes of at least 4 members (excludes halogenated alkanes) is 14. The third-order valence-electron chi connectivity index (χ3n) is 5.22. The summed E-state index contributed by atoms with van der Waals surface area (Å²) < 4.78 is 25.5. The van der Waals surface area contributed by atoms with Crippen LogP contribution in [0.15, 0.2) is 0 Å². The van der Waals surface area contributed by atoms with Crippen LogP contribution in [0.5, 0.6) is 0 Å². The fraction of sp³-hybridized carbons (Fsp3) is 0.957. The van der Waals surface area contributed by atoms with Gasteiger partial charge in [-0.1, -0.05) is 96.8 Å². The minimum absolute atomic E-state index is 0.0768. The Morgan fingerprint density at radius 2 is 1.28 bits per heavy atom. The Kier molecular flexibility index (Phi) is 22.0. The van der Waals surface area contributed by atoms with Crippen LogP contribution in [0.4, 0.5) is 0 Å². The molecular formula is C23H48NO7P. The first-order valence-electron chi connectivity index (χ1n) is 12.6. The maximum Gasteiger partial charge on any atom is 0.472 e. The van der Waals surface area contributed by atoms with Gasteiger partial charge >= 0.3 is 13.8 Å². The van der Waals surface area contributed by atoms with E-state index in [2.05, 4.69) is 16.0 Å². The molecule has 0 heterocycles. The summed E-state index contributed by atoms with van der Waals surface area (Å²) in [5, 5.41) is 9.68. The molecule has 0 aromatic carbocycles. The monoisotopic (exact) mass is 481 g/mol. The number of nitrogens with two attached hydrogens (primary N) is 1. The van der Waals surface area contributed by atoms with Crippen LogP contribution in [-0.4, -0.2) is 48.4 Å². The van der Waals surface area contributed by atoms with Crippen LogP contribution in [-0.2, 0) is 23.1 Å². The maximum absolute atomic E-state index is 11.7. The molecule has 0 saturated heterocycles. The molecule has 0 aliphatic heterocycles. The topological polar surface area (TPSA) is 128 Å². The van der Waals surface area contributed by atoms with E-state index in [1.165, 1.54) is 77.0 Å². The molecule has 9 heteroatoms. The van der Waals surface area contributed by atoms with Gasteiger partial charge in [-0.05, 0) is 6.42 Å². The second-order valence-corrected chi connectivity index (χ2v) is 9.88. The summed E-state index contributed by atoms with van der Waals surface area (Å²) in [6.07, 6.45) is 18.1. The van der Waals surface area contributed by atoms with Crippen molar-refractivity contribution in [3.63, 3.8) is 0 Å². The van der Waals surface area contributed by atoms with Crippen molar-refractivity contribution in [3.8, 4) is 0 Å². The molecule has 0 aliphatic rings. The first kappa shape index (κ1) is 31.5. The maximum atomic E-state index is 11.7. The summed E-state index contributed by atoms with van der Waals surface area (Å²) in [4.78, 5) is 21.0. The smallest absolute Gasteiger partial charge is 0.463 e. The van der Waals surface area contributed by atoms with E-state index in [0.717, 1.165) is 19.3 Å². The van der Waals surface area contributed by atoms with Crippen LogP contribution in [0.3, 0.4) is 0 Å². The molecule has 0 amide bonds. The third kappa shape index (κ3) is 22.7. The minimum atomic E-state index is -4.24. The summed E-state index contributed by atoms with van der Waals surface area (Å²) in [6, 6.07) is 0. The van der Waals surface area contributed by atoms with Crippen molar-refractivity contribution in [2.45, 2.75) is 116 Å². The lowest BCUT2D eigenvalue weighted by atomic mass is 10.0. The van der Waals surface area contributed by atoms with E-state index >= 15 is 0 Å². The minimum Gasteiger partial charge on any atom is -0.463 e. The summed E-state index contributed by atoms with van der Waals surface area (Å²) >= 11 is 0. The Balaban J connectivity index is 3.41. The Morgan fingerprint density at radius 1 is 0.812 bits per heavy atom. The van der Waals surface area contributed by atoms with E-state index in [-0.39, 0.29) is 25.7 Å². The molecule has 0 saturated carbocycles. The molecule has 0 spiro atoms.